The fraction of sp³-hybridized carbons (Fsp3) is 0.300. The number of rotatable bonds is 0. The van der Waals surface area contributed by atoms with Crippen LogP contribution in [0.15, 0.2) is 18.2 Å². The van der Waals surface area contributed by atoms with E-state index >= 15 is 0 Å². The average Bonchev–Trinajstić information content (AvgIpc) is 2.87. The molecule has 1 saturated carbocycles. The van der Waals surface area contributed by atoms with Crippen molar-refractivity contribution in [1.29, 1.82) is 0 Å². The van der Waals surface area contributed by atoms with Gasteiger partial charge in [0, 0.05) is 5.92 Å². The van der Waals surface area contributed by atoms with Gasteiger partial charge in [-0.2, -0.15) is 0 Å². The van der Waals surface area contributed by atoms with Gasteiger partial charge in [-0.15, -0.1) is 0 Å². The Morgan fingerprint density at radius 1 is 1.38 bits per heavy atom. The third-order valence-electron chi connectivity index (χ3n) is 2.82. The van der Waals surface area contributed by atoms with Crippen molar-refractivity contribution in [3.8, 4) is 0 Å². The number of amides is 1. The maximum Gasteiger partial charge on any atom is 0.228 e. The number of nitrogens with one attached hydrogen (secondary N) is 1. The van der Waals surface area contributed by atoms with Crippen LogP contribution in [0.2, 0.25) is 0 Å². The van der Waals surface area contributed by atoms with E-state index in [4.69, 9.17) is 0 Å². The van der Waals surface area contributed by atoms with Gasteiger partial charge in [0.15, 0.2) is 0 Å². The van der Waals surface area contributed by atoms with Crippen LogP contribution in [0.4, 0.5) is 10.1 Å². The lowest BCUT2D eigenvalue weighted by Crippen LogP contribution is -2.20. The first-order chi connectivity index (χ1) is 6.27. The summed E-state index contributed by atoms with van der Waals surface area (Å²) in [6, 6.07) is 4.96. The molecule has 2 unspecified atom stereocenters. The topological polar surface area (TPSA) is 29.1 Å². The molecule has 2 nitrogen and oxygen atoms in total. The van der Waals surface area contributed by atoms with Gasteiger partial charge in [0.2, 0.25) is 5.91 Å². The van der Waals surface area contributed by atoms with Crippen molar-refractivity contribution in [3.63, 3.8) is 0 Å². The summed E-state index contributed by atoms with van der Waals surface area (Å²) >= 11 is 0. The molecule has 1 aliphatic heterocycles. The zero-order valence-electron chi connectivity index (χ0n) is 6.88. The maximum atomic E-state index is 13.2. The first-order valence-electron chi connectivity index (χ1n) is 4.36. The highest BCUT2D eigenvalue weighted by molar-refractivity contribution is 5.99. The summed E-state index contributed by atoms with van der Waals surface area (Å²) in [5.41, 5.74) is 1.36. The Hall–Kier alpha value is -1.38. The summed E-state index contributed by atoms with van der Waals surface area (Å²) < 4.78 is 13.2. The number of hydrogen-bond donors (Lipinski definition) is 1. The first-order valence-corrected chi connectivity index (χ1v) is 4.36. The summed E-state index contributed by atoms with van der Waals surface area (Å²) in [5, 5.41) is 2.61. The molecule has 0 spiro atoms. The minimum absolute atomic E-state index is 0.0254. The van der Waals surface area contributed by atoms with Crippen LogP contribution in [0.25, 0.3) is 0 Å². The predicted octanol–water partition coefficient (Wildman–Crippen LogP) is 1.88. The minimum Gasteiger partial charge on any atom is -0.323 e. The molecule has 3 heteroatoms. The van der Waals surface area contributed by atoms with Crippen LogP contribution in [0.3, 0.4) is 0 Å². The molecule has 0 bridgehead atoms. The minimum atomic E-state index is -0.323. The second-order valence-corrected chi connectivity index (χ2v) is 3.64. The predicted molar refractivity (Wildman–Crippen MR) is 45.9 cm³/mol. The standard InChI is InChI=1S/C10H8FNO/c11-8-3-1-2-5-6-4-7(6)10(13)12-9(5)8/h1-3,6-7H,4H2,(H,12,13). The molecule has 1 N–H and O–H groups in total. The number of carbonyl (C=O) groups excluding carboxylic acids is 1. The largest absolute Gasteiger partial charge is 0.323 e. The second kappa shape index (κ2) is 2.10. The van der Waals surface area contributed by atoms with Crippen LogP contribution >= 0.6 is 0 Å². The second-order valence-electron chi connectivity index (χ2n) is 3.64. The van der Waals surface area contributed by atoms with Gasteiger partial charge in [-0.05, 0) is 24.0 Å². The molecule has 66 valence electrons. The molecule has 13 heavy (non-hydrogen) atoms. The Bertz CT molecular complexity index is 402. The molecule has 1 aromatic rings. The number of hydrogen-bond acceptors (Lipinski definition) is 1. The van der Waals surface area contributed by atoms with Gasteiger partial charge < -0.3 is 5.32 Å². The van der Waals surface area contributed by atoms with Crippen LogP contribution in [0.1, 0.15) is 17.9 Å². The quantitative estimate of drug-likeness (QED) is 0.644. The average molecular weight is 177 g/mol. The number of fused-ring (bicyclic) bond motifs is 3. The van der Waals surface area contributed by atoms with E-state index in [1.807, 2.05) is 6.07 Å². The molecular formula is C10H8FNO. The summed E-state index contributed by atoms with van der Waals surface area (Å²) in [5.74, 6) is 0.0348. The normalized spacial score (nSPS) is 28.8. The van der Waals surface area contributed by atoms with Crippen molar-refractivity contribution in [2.45, 2.75) is 12.3 Å². The molecule has 1 heterocycles. The lowest BCUT2D eigenvalue weighted by atomic mass is 10.0. The van der Waals surface area contributed by atoms with Crippen LogP contribution in [-0.4, -0.2) is 5.91 Å². The van der Waals surface area contributed by atoms with Crippen LogP contribution < -0.4 is 5.32 Å². The molecule has 3 rings (SSSR count). The molecule has 0 aromatic heterocycles. The van der Waals surface area contributed by atoms with Crippen molar-refractivity contribution in [2.75, 3.05) is 5.32 Å². The van der Waals surface area contributed by atoms with E-state index in [0.717, 1.165) is 12.0 Å². The SMILES string of the molecule is O=C1Nc2c(F)cccc2C2CC12. The highest BCUT2D eigenvalue weighted by Crippen LogP contribution is 2.53. The van der Waals surface area contributed by atoms with E-state index in [9.17, 15) is 9.18 Å². The monoisotopic (exact) mass is 177 g/mol. The van der Waals surface area contributed by atoms with E-state index in [2.05, 4.69) is 5.32 Å². The first kappa shape index (κ1) is 7.06. The van der Waals surface area contributed by atoms with Crippen molar-refractivity contribution in [3.05, 3.63) is 29.6 Å². The highest BCUT2D eigenvalue weighted by atomic mass is 19.1. The summed E-state index contributed by atoms with van der Waals surface area (Å²) in [6.45, 7) is 0. The van der Waals surface area contributed by atoms with Gasteiger partial charge >= 0.3 is 0 Å². The molecule has 0 radical (unpaired) electrons. The smallest absolute Gasteiger partial charge is 0.228 e. The fourth-order valence-corrected chi connectivity index (χ4v) is 2.03. The van der Waals surface area contributed by atoms with Crippen molar-refractivity contribution in [2.24, 2.45) is 5.92 Å². The molecule has 0 saturated heterocycles. The third kappa shape index (κ3) is 0.842. The number of halogens is 1. The summed E-state index contributed by atoms with van der Waals surface area (Å²) in [7, 11) is 0. The van der Waals surface area contributed by atoms with Crippen molar-refractivity contribution in [1.82, 2.24) is 0 Å². The molecule has 1 aliphatic carbocycles. The summed E-state index contributed by atoms with van der Waals surface area (Å²) in [4.78, 5) is 11.3. The number of anilines is 1. The van der Waals surface area contributed by atoms with Crippen molar-refractivity contribution < 1.29 is 9.18 Å². The number of benzene rings is 1. The molecule has 2 aliphatic rings. The van der Waals surface area contributed by atoms with Gasteiger partial charge in [0.25, 0.3) is 0 Å². The maximum absolute atomic E-state index is 13.2. The zero-order valence-corrected chi connectivity index (χ0v) is 6.88. The Balaban J connectivity index is 2.19. The van der Waals surface area contributed by atoms with Crippen LogP contribution in [0.5, 0.6) is 0 Å². The Morgan fingerprint density at radius 2 is 2.23 bits per heavy atom. The van der Waals surface area contributed by atoms with E-state index in [0.29, 0.717) is 5.69 Å². The van der Waals surface area contributed by atoms with Crippen LogP contribution in [-0.2, 0) is 4.79 Å². The third-order valence-corrected chi connectivity index (χ3v) is 2.82. The molecule has 2 atom stereocenters. The lowest BCUT2D eigenvalue weighted by molar-refractivity contribution is -0.117. The molecule has 1 amide bonds. The van der Waals surface area contributed by atoms with E-state index in [-0.39, 0.29) is 23.6 Å². The number of carbonyl (C=O) groups is 1. The number of para-hydroxylation sites is 1. The van der Waals surface area contributed by atoms with E-state index in [1.165, 1.54) is 6.07 Å². The van der Waals surface area contributed by atoms with E-state index in [1.54, 1.807) is 6.07 Å². The van der Waals surface area contributed by atoms with Gasteiger partial charge in [-0.1, -0.05) is 12.1 Å². The zero-order chi connectivity index (χ0) is 9.00. The van der Waals surface area contributed by atoms with Gasteiger partial charge in [-0.25, -0.2) is 4.39 Å². The fourth-order valence-electron chi connectivity index (χ4n) is 2.03. The Labute approximate surface area is 74.8 Å². The summed E-state index contributed by atoms with van der Waals surface area (Å²) in [6.07, 6.45) is 0.877. The van der Waals surface area contributed by atoms with Gasteiger partial charge in [0.05, 0.1) is 5.69 Å². The highest BCUT2D eigenvalue weighted by Gasteiger charge is 2.48. The molecule has 1 fully saturated rings. The molecular weight excluding hydrogens is 169 g/mol. The Kier molecular flexibility index (Phi) is 1.14. The van der Waals surface area contributed by atoms with E-state index < -0.39 is 0 Å². The van der Waals surface area contributed by atoms with Gasteiger partial charge in [0.1, 0.15) is 5.82 Å². The van der Waals surface area contributed by atoms with Crippen molar-refractivity contribution >= 4 is 11.6 Å². The lowest BCUT2D eigenvalue weighted by Gasteiger charge is -2.16. The molecule has 1 aromatic carbocycles. The van der Waals surface area contributed by atoms with Gasteiger partial charge in [-0.3, -0.25) is 4.79 Å². The van der Waals surface area contributed by atoms with Crippen LogP contribution in [0, 0.1) is 11.7 Å². The Morgan fingerprint density at radius 3 is 3.08 bits per heavy atom.